The number of rotatable bonds is 52. The number of carbonyl (C=O) groups excluding carboxylic acids is 3. The molecule has 0 unspecified atom stereocenters. The maximum atomic E-state index is 12.8. The van der Waals surface area contributed by atoms with Gasteiger partial charge in [-0.25, -0.2) is 0 Å². The summed E-state index contributed by atoms with van der Waals surface area (Å²) in [6.45, 7) is 11.4. The Labute approximate surface area is 399 Å². The first kappa shape index (κ1) is 62.4. The molecule has 0 N–H and O–H groups in total. The summed E-state index contributed by atoms with van der Waals surface area (Å²) < 4.78 is 16.9. The summed E-state index contributed by atoms with van der Waals surface area (Å²) in [7, 11) is 0. The van der Waals surface area contributed by atoms with E-state index >= 15 is 0 Å². The Bertz CT molecular complexity index is 978. The van der Waals surface area contributed by atoms with Crippen LogP contribution in [0, 0.1) is 11.8 Å². The van der Waals surface area contributed by atoms with E-state index in [2.05, 4.69) is 34.6 Å². The van der Waals surface area contributed by atoms with Crippen LogP contribution >= 0.6 is 0 Å². The van der Waals surface area contributed by atoms with E-state index in [1.54, 1.807) is 0 Å². The van der Waals surface area contributed by atoms with Gasteiger partial charge < -0.3 is 14.2 Å². The molecule has 0 rings (SSSR count). The maximum absolute atomic E-state index is 12.8. The molecule has 0 aliphatic rings. The molecule has 6 heteroatoms. The van der Waals surface area contributed by atoms with Gasteiger partial charge in [0.15, 0.2) is 6.10 Å². The Morgan fingerprint density at radius 1 is 0.297 bits per heavy atom. The molecule has 380 valence electrons. The minimum atomic E-state index is -0.763. The van der Waals surface area contributed by atoms with Gasteiger partial charge in [0, 0.05) is 19.3 Å². The normalized spacial score (nSPS) is 12.0. The van der Waals surface area contributed by atoms with Gasteiger partial charge in [0.05, 0.1) is 0 Å². The van der Waals surface area contributed by atoms with E-state index in [4.69, 9.17) is 14.2 Å². The summed E-state index contributed by atoms with van der Waals surface area (Å²) in [4.78, 5) is 38.1. The van der Waals surface area contributed by atoms with Gasteiger partial charge in [0.25, 0.3) is 0 Å². The Hall–Kier alpha value is -1.59. The molecule has 0 aliphatic carbocycles. The Morgan fingerprint density at radius 3 is 0.766 bits per heavy atom. The molecule has 64 heavy (non-hydrogen) atoms. The second-order valence-corrected chi connectivity index (χ2v) is 20.9. The van der Waals surface area contributed by atoms with Crippen molar-refractivity contribution in [3.05, 3.63) is 0 Å². The summed E-state index contributed by atoms with van der Waals surface area (Å²) in [5.41, 5.74) is 0. The summed E-state index contributed by atoms with van der Waals surface area (Å²) in [6.07, 6.45) is 53.8. The SMILES string of the molecule is CCCCCCCCCCCCCCCCCCCCCC(=O)O[C@H](COC(=O)CCCCCCCCCCCCCCC(C)C)COC(=O)CCCCCCCCCCCC(C)C. The zero-order chi connectivity index (χ0) is 46.8. The molecule has 0 aromatic carbocycles. The Balaban J connectivity index is 4.28. The average molecular weight is 906 g/mol. The van der Waals surface area contributed by atoms with Crippen molar-refractivity contribution < 1.29 is 28.6 Å². The van der Waals surface area contributed by atoms with Crippen molar-refractivity contribution in [1.82, 2.24) is 0 Å². The molecule has 0 aromatic heterocycles. The molecule has 0 saturated carbocycles. The minimum Gasteiger partial charge on any atom is -0.462 e. The van der Waals surface area contributed by atoms with Gasteiger partial charge >= 0.3 is 17.9 Å². The summed E-state index contributed by atoms with van der Waals surface area (Å²) in [6, 6.07) is 0. The highest BCUT2D eigenvalue weighted by atomic mass is 16.6. The predicted molar refractivity (Wildman–Crippen MR) is 275 cm³/mol. The molecule has 0 saturated heterocycles. The van der Waals surface area contributed by atoms with Crippen molar-refractivity contribution in [2.45, 2.75) is 330 Å². The third-order valence-electron chi connectivity index (χ3n) is 13.2. The predicted octanol–water partition coefficient (Wildman–Crippen LogP) is 18.9. The van der Waals surface area contributed by atoms with Crippen LogP contribution in [0.5, 0.6) is 0 Å². The smallest absolute Gasteiger partial charge is 0.306 e. The molecule has 0 aromatic rings. The second-order valence-electron chi connectivity index (χ2n) is 20.9. The van der Waals surface area contributed by atoms with E-state index in [-0.39, 0.29) is 31.1 Å². The lowest BCUT2D eigenvalue weighted by Gasteiger charge is -2.18. The van der Waals surface area contributed by atoms with Crippen LogP contribution in [0.15, 0.2) is 0 Å². The van der Waals surface area contributed by atoms with Crippen molar-refractivity contribution in [3.8, 4) is 0 Å². The first-order valence-corrected chi connectivity index (χ1v) is 28.7. The monoisotopic (exact) mass is 905 g/mol. The number of unbranched alkanes of at least 4 members (excludes halogenated alkanes) is 37. The molecule has 0 radical (unpaired) electrons. The van der Waals surface area contributed by atoms with Crippen LogP contribution in [-0.4, -0.2) is 37.2 Å². The maximum Gasteiger partial charge on any atom is 0.306 e. The quantitative estimate of drug-likeness (QED) is 0.0344. The first-order chi connectivity index (χ1) is 31.2. The molecule has 0 spiro atoms. The lowest BCUT2D eigenvalue weighted by molar-refractivity contribution is -0.167. The zero-order valence-corrected chi connectivity index (χ0v) is 43.9. The molecule has 1 atom stereocenters. The van der Waals surface area contributed by atoms with Gasteiger partial charge in [-0.3, -0.25) is 14.4 Å². The summed E-state index contributed by atoms with van der Waals surface area (Å²) in [5.74, 6) is 0.800. The van der Waals surface area contributed by atoms with Gasteiger partial charge in [0.1, 0.15) is 13.2 Å². The van der Waals surface area contributed by atoms with Crippen LogP contribution in [-0.2, 0) is 28.6 Å². The van der Waals surface area contributed by atoms with Gasteiger partial charge in [-0.15, -0.1) is 0 Å². The zero-order valence-electron chi connectivity index (χ0n) is 43.9. The fourth-order valence-electron chi connectivity index (χ4n) is 8.87. The molecule has 0 bridgehead atoms. The van der Waals surface area contributed by atoms with E-state index < -0.39 is 6.10 Å². The fraction of sp³-hybridized carbons (Fsp3) is 0.948. The van der Waals surface area contributed by atoms with Crippen LogP contribution in [0.3, 0.4) is 0 Å². The van der Waals surface area contributed by atoms with E-state index in [1.165, 1.54) is 212 Å². The largest absolute Gasteiger partial charge is 0.462 e. The number of esters is 3. The second kappa shape index (κ2) is 50.8. The third kappa shape index (κ3) is 51.4. The van der Waals surface area contributed by atoms with Crippen molar-refractivity contribution in [2.24, 2.45) is 11.8 Å². The Morgan fingerprint density at radius 2 is 0.516 bits per heavy atom. The van der Waals surface area contributed by atoms with Gasteiger partial charge in [-0.05, 0) is 31.1 Å². The van der Waals surface area contributed by atoms with Crippen LogP contribution < -0.4 is 0 Å². The van der Waals surface area contributed by atoms with Gasteiger partial charge in [-0.1, -0.05) is 285 Å². The summed E-state index contributed by atoms with van der Waals surface area (Å²) >= 11 is 0. The molecule has 0 amide bonds. The van der Waals surface area contributed by atoms with E-state index in [1.807, 2.05) is 0 Å². The van der Waals surface area contributed by atoms with Crippen LogP contribution in [0.2, 0.25) is 0 Å². The van der Waals surface area contributed by atoms with E-state index in [0.29, 0.717) is 19.3 Å². The van der Waals surface area contributed by atoms with Crippen molar-refractivity contribution in [2.75, 3.05) is 13.2 Å². The standard InChI is InChI=1S/C58H112O6/c1-6-7-8-9-10-11-12-13-14-15-16-17-18-19-24-29-35-40-45-50-58(61)64-55(52-63-57(60)49-44-39-34-30-25-27-32-37-42-47-54(4)5)51-62-56(59)48-43-38-33-28-23-21-20-22-26-31-36-41-46-53(2)3/h53-55H,6-52H2,1-5H3/t55-/m1/s1. The van der Waals surface area contributed by atoms with Crippen molar-refractivity contribution in [3.63, 3.8) is 0 Å². The number of hydrogen-bond donors (Lipinski definition) is 0. The van der Waals surface area contributed by atoms with Crippen LogP contribution in [0.4, 0.5) is 0 Å². The minimum absolute atomic E-state index is 0.0633. The van der Waals surface area contributed by atoms with Crippen LogP contribution in [0.1, 0.15) is 324 Å². The van der Waals surface area contributed by atoms with E-state index in [0.717, 1.165) is 69.6 Å². The highest BCUT2D eigenvalue weighted by Gasteiger charge is 2.19. The highest BCUT2D eigenvalue weighted by molar-refractivity contribution is 5.71. The number of carbonyl (C=O) groups is 3. The number of ether oxygens (including phenoxy) is 3. The van der Waals surface area contributed by atoms with Gasteiger partial charge in [-0.2, -0.15) is 0 Å². The Kier molecular flexibility index (Phi) is 49.6. The van der Waals surface area contributed by atoms with Crippen LogP contribution in [0.25, 0.3) is 0 Å². The van der Waals surface area contributed by atoms with E-state index in [9.17, 15) is 14.4 Å². The van der Waals surface area contributed by atoms with Crippen molar-refractivity contribution >= 4 is 17.9 Å². The van der Waals surface area contributed by atoms with Crippen molar-refractivity contribution in [1.29, 1.82) is 0 Å². The molecular formula is C58H112O6. The molecule has 0 fully saturated rings. The summed E-state index contributed by atoms with van der Waals surface area (Å²) in [5, 5.41) is 0. The van der Waals surface area contributed by atoms with Gasteiger partial charge in [0.2, 0.25) is 0 Å². The molecule has 0 heterocycles. The first-order valence-electron chi connectivity index (χ1n) is 28.7. The molecule has 0 aliphatic heterocycles. The lowest BCUT2D eigenvalue weighted by Crippen LogP contribution is -2.30. The fourth-order valence-corrected chi connectivity index (χ4v) is 8.87. The third-order valence-corrected chi connectivity index (χ3v) is 13.2. The topological polar surface area (TPSA) is 78.9 Å². The lowest BCUT2D eigenvalue weighted by atomic mass is 10.0. The average Bonchev–Trinajstić information content (AvgIpc) is 3.27. The highest BCUT2D eigenvalue weighted by Crippen LogP contribution is 2.18. The molecular weight excluding hydrogens is 793 g/mol. The number of hydrogen-bond acceptors (Lipinski definition) is 6. The molecule has 6 nitrogen and oxygen atoms in total.